The molecule has 0 radical (unpaired) electrons. The lowest BCUT2D eigenvalue weighted by molar-refractivity contribution is -0.135. The minimum atomic E-state index is -0.279. The maximum atomic E-state index is 13.7. The molecular weight excluding hydrogens is 423 g/mol. The molecule has 2 aromatic carbocycles. The van der Waals surface area contributed by atoms with Gasteiger partial charge in [0, 0.05) is 37.4 Å². The minimum absolute atomic E-state index is 0.00794. The number of benzene rings is 2. The molecule has 3 aromatic rings. The Labute approximate surface area is 191 Å². The van der Waals surface area contributed by atoms with E-state index >= 15 is 0 Å². The summed E-state index contributed by atoms with van der Waals surface area (Å²) >= 11 is 0. The van der Waals surface area contributed by atoms with E-state index in [1.54, 1.807) is 40.8 Å². The molecule has 4 rings (SSSR count). The monoisotopic (exact) mass is 450 g/mol. The average molecular weight is 451 g/mol. The van der Waals surface area contributed by atoms with Crippen molar-refractivity contribution in [2.24, 2.45) is 5.92 Å². The number of fused-ring (bicyclic) bond motifs is 1. The van der Waals surface area contributed by atoms with Crippen LogP contribution >= 0.6 is 0 Å². The molecule has 1 aliphatic heterocycles. The van der Waals surface area contributed by atoms with Gasteiger partial charge in [-0.3, -0.25) is 19.1 Å². The normalized spacial score (nSPS) is 14.4. The van der Waals surface area contributed by atoms with Gasteiger partial charge in [0.25, 0.3) is 0 Å². The molecule has 0 atom stereocenters. The van der Waals surface area contributed by atoms with Crippen molar-refractivity contribution >= 4 is 22.7 Å². The molecule has 0 saturated carbocycles. The smallest absolute Gasteiger partial charge is 0.224 e. The first-order chi connectivity index (χ1) is 15.9. The van der Waals surface area contributed by atoms with Gasteiger partial charge in [-0.15, -0.1) is 0 Å². The lowest BCUT2D eigenvalue weighted by atomic mass is 9.95. The van der Waals surface area contributed by atoms with E-state index in [1.165, 1.54) is 12.3 Å². The van der Waals surface area contributed by atoms with Gasteiger partial charge in [0.1, 0.15) is 5.82 Å². The number of para-hydroxylation sites is 1. The van der Waals surface area contributed by atoms with Gasteiger partial charge in [-0.2, -0.15) is 5.10 Å². The van der Waals surface area contributed by atoms with Crippen LogP contribution in [-0.4, -0.2) is 39.6 Å². The van der Waals surface area contributed by atoms with Gasteiger partial charge >= 0.3 is 0 Å². The molecule has 0 unspecified atom stereocenters. The molecule has 2 heterocycles. The summed E-state index contributed by atoms with van der Waals surface area (Å²) in [4.78, 5) is 39.0. The predicted octanol–water partition coefficient (Wildman–Crippen LogP) is 2.79. The van der Waals surface area contributed by atoms with Crippen molar-refractivity contribution in [1.82, 2.24) is 20.0 Å². The molecule has 1 aliphatic rings. The number of carbonyl (C=O) groups is 2. The van der Waals surface area contributed by atoms with E-state index in [9.17, 15) is 18.8 Å². The van der Waals surface area contributed by atoms with Crippen LogP contribution in [-0.2, 0) is 22.7 Å². The van der Waals surface area contributed by atoms with Crippen LogP contribution in [0.4, 0.5) is 4.39 Å². The fraction of sp³-hybridized carbons (Fsp3) is 0.360. The Hall–Kier alpha value is -3.55. The summed E-state index contributed by atoms with van der Waals surface area (Å²) in [5.41, 5.74) is 1.87. The third-order valence-electron chi connectivity index (χ3n) is 6.22. The number of hydrogen-bond acceptors (Lipinski definition) is 4. The predicted molar refractivity (Wildman–Crippen MR) is 123 cm³/mol. The Morgan fingerprint density at radius 1 is 1.15 bits per heavy atom. The summed E-state index contributed by atoms with van der Waals surface area (Å²) in [7, 11) is 0. The molecule has 2 amide bonds. The van der Waals surface area contributed by atoms with Crippen LogP contribution in [0.15, 0.2) is 53.5 Å². The van der Waals surface area contributed by atoms with Crippen LogP contribution in [0.1, 0.15) is 30.4 Å². The molecular formula is C25H27FN4O3. The third-order valence-corrected chi connectivity index (χ3v) is 6.22. The van der Waals surface area contributed by atoms with Crippen LogP contribution in [0.3, 0.4) is 0 Å². The Morgan fingerprint density at radius 3 is 2.67 bits per heavy atom. The maximum Gasteiger partial charge on any atom is 0.224 e. The number of aromatic nitrogens is 2. The van der Waals surface area contributed by atoms with Gasteiger partial charge in [0.2, 0.25) is 17.2 Å². The van der Waals surface area contributed by atoms with E-state index in [2.05, 4.69) is 10.4 Å². The summed E-state index contributed by atoms with van der Waals surface area (Å²) in [6, 6.07) is 12.2. The molecule has 33 heavy (non-hydrogen) atoms. The van der Waals surface area contributed by atoms with Gasteiger partial charge in [0.05, 0.1) is 18.3 Å². The van der Waals surface area contributed by atoms with Crippen molar-refractivity contribution in [3.63, 3.8) is 0 Å². The van der Waals surface area contributed by atoms with Crippen molar-refractivity contribution in [2.75, 3.05) is 13.1 Å². The first kappa shape index (κ1) is 22.6. The largest absolute Gasteiger partial charge is 0.352 e. The van der Waals surface area contributed by atoms with Crippen molar-refractivity contribution in [2.45, 2.75) is 39.3 Å². The summed E-state index contributed by atoms with van der Waals surface area (Å²) in [5.74, 6) is -0.492. The molecule has 8 heteroatoms. The summed E-state index contributed by atoms with van der Waals surface area (Å²) in [6.45, 7) is 3.41. The summed E-state index contributed by atoms with van der Waals surface area (Å²) in [5, 5.41) is 7.64. The molecule has 1 saturated heterocycles. The Bertz CT molecular complexity index is 1230. The lowest BCUT2D eigenvalue weighted by Crippen LogP contribution is -2.43. The highest BCUT2D eigenvalue weighted by Crippen LogP contribution is 2.19. The second-order valence-corrected chi connectivity index (χ2v) is 8.46. The van der Waals surface area contributed by atoms with E-state index in [0.717, 1.165) is 5.56 Å². The molecule has 1 fully saturated rings. The maximum absolute atomic E-state index is 13.7. The zero-order chi connectivity index (χ0) is 23.4. The second kappa shape index (κ2) is 9.94. The van der Waals surface area contributed by atoms with Gasteiger partial charge in [-0.05, 0) is 49.1 Å². The van der Waals surface area contributed by atoms with E-state index in [4.69, 9.17) is 0 Å². The first-order valence-electron chi connectivity index (χ1n) is 11.2. The molecule has 0 aliphatic carbocycles. The first-order valence-corrected chi connectivity index (χ1v) is 11.2. The number of hydrogen-bond donors (Lipinski definition) is 1. The topological polar surface area (TPSA) is 84.3 Å². The number of piperidine rings is 1. The molecule has 0 bridgehead atoms. The second-order valence-electron chi connectivity index (χ2n) is 8.46. The number of carbonyl (C=O) groups excluding carboxylic acids is 2. The van der Waals surface area contributed by atoms with Gasteiger partial charge < -0.3 is 10.2 Å². The number of halogens is 1. The fourth-order valence-electron chi connectivity index (χ4n) is 4.17. The summed E-state index contributed by atoms with van der Waals surface area (Å²) < 4.78 is 15.4. The fourth-order valence-corrected chi connectivity index (χ4v) is 4.17. The Balaban J connectivity index is 1.26. The van der Waals surface area contributed by atoms with Crippen molar-refractivity contribution in [1.29, 1.82) is 0 Å². The number of rotatable bonds is 6. The van der Waals surface area contributed by atoms with Crippen LogP contribution in [0.5, 0.6) is 0 Å². The standard InChI is InChI=1S/C25H27FN4O3/c1-17-6-7-18(14-21(17)26)15-27-25(33)19-8-11-29(12-9-19)24(32)10-13-30-22-5-3-2-4-20(22)23(31)16-28-30/h2-7,14,16,19H,8-13,15H2,1H3,(H,27,33). The zero-order valence-corrected chi connectivity index (χ0v) is 18.6. The van der Waals surface area contributed by atoms with Crippen molar-refractivity contribution < 1.29 is 14.0 Å². The van der Waals surface area contributed by atoms with Gasteiger partial charge in [-0.25, -0.2) is 4.39 Å². The van der Waals surface area contributed by atoms with E-state index in [1.807, 2.05) is 12.1 Å². The Kier molecular flexibility index (Phi) is 6.82. The Morgan fingerprint density at radius 2 is 1.91 bits per heavy atom. The minimum Gasteiger partial charge on any atom is -0.352 e. The quantitative estimate of drug-likeness (QED) is 0.626. The number of amides is 2. The number of aryl methyl sites for hydroxylation is 2. The SMILES string of the molecule is Cc1ccc(CNC(=O)C2CCN(C(=O)CCn3ncc(=O)c4ccccc43)CC2)cc1F. The van der Waals surface area contributed by atoms with Crippen LogP contribution in [0.2, 0.25) is 0 Å². The zero-order valence-electron chi connectivity index (χ0n) is 18.6. The van der Waals surface area contributed by atoms with Crippen LogP contribution in [0, 0.1) is 18.7 Å². The van der Waals surface area contributed by atoms with Crippen molar-refractivity contribution in [3.8, 4) is 0 Å². The van der Waals surface area contributed by atoms with E-state index < -0.39 is 0 Å². The highest BCUT2D eigenvalue weighted by molar-refractivity contribution is 5.80. The van der Waals surface area contributed by atoms with E-state index in [-0.39, 0.29) is 41.9 Å². The number of likely N-dealkylation sites (tertiary alicyclic amines) is 1. The van der Waals surface area contributed by atoms with Crippen LogP contribution in [0.25, 0.3) is 10.9 Å². The molecule has 172 valence electrons. The van der Waals surface area contributed by atoms with Gasteiger partial charge in [-0.1, -0.05) is 24.3 Å². The summed E-state index contributed by atoms with van der Waals surface area (Å²) in [6.07, 6.45) is 2.75. The van der Waals surface area contributed by atoms with Crippen LogP contribution < -0.4 is 10.7 Å². The highest BCUT2D eigenvalue weighted by Gasteiger charge is 2.27. The van der Waals surface area contributed by atoms with E-state index in [0.29, 0.717) is 48.9 Å². The molecule has 7 nitrogen and oxygen atoms in total. The molecule has 1 aromatic heterocycles. The number of nitrogens with one attached hydrogen (secondary N) is 1. The van der Waals surface area contributed by atoms with Crippen molar-refractivity contribution in [3.05, 3.63) is 75.8 Å². The third kappa shape index (κ3) is 5.27. The molecule has 0 spiro atoms. The molecule has 1 N–H and O–H groups in total. The average Bonchev–Trinajstić information content (AvgIpc) is 2.84. The lowest BCUT2D eigenvalue weighted by Gasteiger charge is -2.31. The number of nitrogens with zero attached hydrogens (tertiary/aromatic N) is 3. The highest BCUT2D eigenvalue weighted by atomic mass is 19.1. The van der Waals surface area contributed by atoms with Gasteiger partial charge in [0.15, 0.2) is 0 Å².